The van der Waals surface area contributed by atoms with Crippen molar-refractivity contribution < 1.29 is 36.0 Å². The van der Waals surface area contributed by atoms with E-state index in [1.165, 1.54) is 95.7 Å². The first-order valence-electron chi connectivity index (χ1n) is 20.9. The molecule has 4 bridgehead atoms. The maximum atomic E-state index is 15.8. The van der Waals surface area contributed by atoms with E-state index >= 15 is 36.0 Å². The molecule has 0 radical (unpaired) electrons. The number of piperazine rings is 2. The number of para-hydroxylation sites is 2. The summed E-state index contributed by atoms with van der Waals surface area (Å²) in [4.78, 5) is 62.2. The minimum atomic E-state index is -4.60. The number of fused-ring (bicyclic) bond motifs is 11. The van der Waals surface area contributed by atoms with Crippen molar-refractivity contribution in [1.82, 2.24) is 19.6 Å². The van der Waals surface area contributed by atoms with Crippen LogP contribution in [0.5, 0.6) is 0 Å². The summed E-state index contributed by atoms with van der Waals surface area (Å²) in [5.41, 5.74) is -1.95. The van der Waals surface area contributed by atoms with Crippen LogP contribution in [0.2, 0.25) is 0 Å². The van der Waals surface area contributed by atoms with Crippen LogP contribution < -0.4 is 8.61 Å². The average molecular weight is 973 g/mol. The van der Waals surface area contributed by atoms with Gasteiger partial charge in [0.15, 0.2) is 19.5 Å². The highest BCUT2D eigenvalue weighted by Gasteiger charge is 2.90. The van der Waals surface area contributed by atoms with E-state index in [0.717, 1.165) is 0 Å². The highest BCUT2D eigenvalue weighted by molar-refractivity contribution is 8.78. The summed E-state index contributed by atoms with van der Waals surface area (Å²) in [5.74, 6) is -1.66. The maximum Gasteiger partial charge on any atom is 0.266 e. The second kappa shape index (κ2) is 12.8. The molecule has 20 heteroatoms. The lowest BCUT2D eigenvalue weighted by Gasteiger charge is -2.59. The Balaban J connectivity index is 1.25. The van der Waals surface area contributed by atoms with Gasteiger partial charge in [0, 0.05) is 26.9 Å². The van der Waals surface area contributed by atoms with Crippen LogP contribution in [0.25, 0.3) is 0 Å². The zero-order chi connectivity index (χ0) is 44.8. The Morgan fingerprint density at radius 3 is 1.20 bits per heavy atom. The molecular formula is C44H40N6O8S6. The standard InChI is InChI=1S/C44H40N6O8S6/c1-5-41-37(53)47-33-39(25-43(47,61-59-41)35(51)45(41)3,29-21-13-15-23-31(29)49(33)63(55,56)27-17-9-7-10-18-27)40-26-44-36(52)46(4)42(6-2,60-62-44)38(54)48(44)34(40)50(32-24-16-14-22-30(32)40)64(57,58)28-19-11-8-12-20-28/h7-24,33-34H,5-6,25-26H2,1-4H3/t33-,34-,39-,40-,41-,42-,43-,44-/m0/s1. The third kappa shape index (κ3) is 4.17. The van der Waals surface area contributed by atoms with Gasteiger partial charge in [0.1, 0.15) is 12.3 Å². The van der Waals surface area contributed by atoms with Crippen LogP contribution in [-0.2, 0) is 50.1 Å². The molecule has 0 N–H and O–H groups in total. The molecular weight excluding hydrogens is 933 g/mol. The molecule has 8 atom stereocenters. The predicted molar refractivity (Wildman–Crippen MR) is 246 cm³/mol. The number of benzene rings is 4. The summed E-state index contributed by atoms with van der Waals surface area (Å²) in [5, 5.41) is 0. The average Bonchev–Trinajstić information content (AvgIpc) is 3.99. The molecule has 10 aliphatic heterocycles. The molecule has 14 rings (SSSR count). The minimum Gasteiger partial charge on any atom is -0.319 e. The van der Waals surface area contributed by atoms with Crippen LogP contribution in [0.15, 0.2) is 119 Å². The molecule has 14 nitrogen and oxygen atoms in total. The Labute approximate surface area is 386 Å². The molecule has 4 amide bonds. The first kappa shape index (κ1) is 41.1. The van der Waals surface area contributed by atoms with Gasteiger partial charge in [-0.3, -0.25) is 29.0 Å². The highest BCUT2D eigenvalue weighted by Crippen LogP contribution is 2.81. The van der Waals surface area contributed by atoms with Crippen molar-refractivity contribution in [2.45, 2.75) is 92.0 Å². The summed E-state index contributed by atoms with van der Waals surface area (Å²) in [7, 11) is -0.937. The molecule has 4 aromatic carbocycles. The second-order valence-electron chi connectivity index (χ2n) is 17.6. The number of hydrogen-bond donors (Lipinski definition) is 0. The van der Waals surface area contributed by atoms with E-state index in [1.807, 2.05) is 26.0 Å². The smallest absolute Gasteiger partial charge is 0.266 e. The van der Waals surface area contributed by atoms with E-state index in [1.54, 1.807) is 86.9 Å². The van der Waals surface area contributed by atoms with Gasteiger partial charge in [-0.1, -0.05) is 130 Å². The van der Waals surface area contributed by atoms with Gasteiger partial charge >= 0.3 is 0 Å². The molecule has 10 heterocycles. The topological polar surface area (TPSA) is 156 Å². The van der Waals surface area contributed by atoms with Crippen LogP contribution in [-0.4, -0.2) is 106 Å². The number of amides is 4. The van der Waals surface area contributed by atoms with Crippen molar-refractivity contribution in [3.05, 3.63) is 120 Å². The number of likely N-dealkylation sites (N-methyl/N-ethyl adjacent to an activating group) is 2. The van der Waals surface area contributed by atoms with Crippen molar-refractivity contribution in [3.8, 4) is 0 Å². The summed E-state index contributed by atoms with van der Waals surface area (Å²) >= 11 is 0. The van der Waals surface area contributed by atoms with Crippen molar-refractivity contribution in [3.63, 3.8) is 0 Å². The monoisotopic (exact) mass is 972 g/mol. The van der Waals surface area contributed by atoms with Crippen LogP contribution >= 0.6 is 43.2 Å². The zero-order valence-electron chi connectivity index (χ0n) is 34.8. The lowest BCUT2D eigenvalue weighted by molar-refractivity contribution is -0.165. The largest absolute Gasteiger partial charge is 0.319 e. The Hall–Kier alpha value is -4.34. The summed E-state index contributed by atoms with van der Waals surface area (Å²) < 4.78 is 65.6. The fraction of sp³-hybridized carbons (Fsp3) is 0.364. The van der Waals surface area contributed by atoms with Gasteiger partial charge in [0.05, 0.1) is 32.0 Å². The molecule has 4 aromatic rings. The highest BCUT2D eigenvalue weighted by atomic mass is 33.1. The number of carbonyl (C=O) groups is 4. The summed E-state index contributed by atoms with van der Waals surface area (Å²) in [6.07, 6.45) is -2.87. The number of nitrogens with zero attached hydrogens (tertiary/aromatic N) is 6. The first-order valence-corrected chi connectivity index (χ1v) is 28.1. The molecule has 0 unspecified atom stereocenters. The molecule has 10 aliphatic rings. The quantitative estimate of drug-likeness (QED) is 0.208. The van der Waals surface area contributed by atoms with Crippen molar-refractivity contribution >= 4 is 98.2 Å². The molecule has 0 saturated carbocycles. The van der Waals surface area contributed by atoms with Crippen molar-refractivity contribution in [2.24, 2.45) is 0 Å². The predicted octanol–water partition coefficient (Wildman–Crippen LogP) is 5.74. The third-order valence-electron chi connectivity index (χ3n) is 15.3. The fourth-order valence-corrected chi connectivity index (χ4v) is 23.7. The first-order chi connectivity index (χ1) is 30.5. The molecule has 2 spiro atoms. The van der Waals surface area contributed by atoms with E-state index in [4.69, 9.17) is 0 Å². The lowest BCUT2D eigenvalue weighted by atomic mass is 9.54. The molecule has 0 aliphatic carbocycles. The van der Waals surface area contributed by atoms with Crippen LogP contribution in [0.1, 0.15) is 50.7 Å². The van der Waals surface area contributed by atoms with Crippen molar-refractivity contribution in [2.75, 3.05) is 22.7 Å². The number of carbonyl (C=O) groups excluding carboxylic acids is 4. The maximum absolute atomic E-state index is 15.8. The number of sulfonamides is 2. The zero-order valence-corrected chi connectivity index (χ0v) is 39.7. The molecule has 330 valence electrons. The van der Waals surface area contributed by atoms with E-state index < -0.39 is 74.5 Å². The summed E-state index contributed by atoms with van der Waals surface area (Å²) in [6.45, 7) is 3.65. The SMILES string of the molecule is CC[C@]12SS[C@@]3(C[C@]4([C@]56C[C@@]78SS[C@@](CC)(C(=O)N7[C@H]5N(S(=O)(=O)c5ccccc5)c5ccccc56)N(C)C8=O)c5ccccc5N(S(=O)(=O)c5ccccc5)[C@@H]4N3C1=O)C(=O)N2C. The number of rotatable bonds is 7. The molecule has 8 saturated heterocycles. The van der Waals surface area contributed by atoms with Gasteiger partial charge < -0.3 is 9.80 Å². The Morgan fingerprint density at radius 2 is 0.844 bits per heavy atom. The van der Waals surface area contributed by atoms with Gasteiger partial charge in [-0.25, -0.2) is 25.4 Å². The Bertz CT molecular complexity index is 2840. The minimum absolute atomic E-state index is 0.0501. The second-order valence-corrected chi connectivity index (χ2v) is 26.6. The van der Waals surface area contributed by atoms with Crippen molar-refractivity contribution in [1.29, 1.82) is 0 Å². The van der Waals surface area contributed by atoms with Crippen LogP contribution in [0.3, 0.4) is 0 Å². The number of hydrogen-bond acceptors (Lipinski definition) is 12. The summed E-state index contributed by atoms with van der Waals surface area (Å²) in [6, 6.07) is 29.9. The van der Waals surface area contributed by atoms with E-state index in [9.17, 15) is 0 Å². The van der Waals surface area contributed by atoms with Gasteiger partial charge in [0.25, 0.3) is 43.7 Å². The third-order valence-corrected chi connectivity index (χ3v) is 26.5. The van der Waals surface area contributed by atoms with Gasteiger partial charge in [0.2, 0.25) is 0 Å². The fourth-order valence-electron chi connectivity index (χ4n) is 12.6. The Kier molecular flexibility index (Phi) is 8.19. The normalized spacial score (nSPS) is 35.5. The molecule has 8 fully saturated rings. The van der Waals surface area contributed by atoms with Crippen LogP contribution in [0, 0.1) is 0 Å². The van der Waals surface area contributed by atoms with Crippen LogP contribution in [0.4, 0.5) is 11.4 Å². The van der Waals surface area contributed by atoms with Gasteiger partial charge in [-0.15, -0.1) is 0 Å². The van der Waals surface area contributed by atoms with Gasteiger partial charge in [-0.05, 0) is 60.4 Å². The molecule has 64 heavy (non-hydrogen) atoms. The lowest BCUT2D eigenvalue weighted by Crippen LogP contribution is -2.77. The molecule has 0 aromatic heterocycles. The number of anilines is 2. The Morgan fingerprint density at radius 1 is 0.500 bits per heavy atom. The van der Waals surface area contributed by atoms with E-state index in [0.29, 0.717) is 11.1 Å². The van der Waals surface area contributed by atoms with E-state index in [-0.39, 0.29) is 58.7 Å². The van der Waals surface area contributed by atoms with E-state index in [2.05, 4.69) is 0 Å². The van der Waals surface area contributed by atoms with Gasteiger partial charge in [-0.2, -0.15) is 0 Å².